The number of benzene rings is 1. The highest BCUT2D eigenvalue weighted by molar-refractivity contribution is 9.10. The minimum absolute atomic E-state index is 0.322. The maximum Gasteiger partial charge on any atom is 0.341 e. The van der Waals surface area contributed by atoms with Crippen molar-refractivity contribution in [3.05, 3.63) is 34.4 Å². The number of hydrogen-bond acceptors (Lipinski definition) is 4. The van der Waals surface area contributed by atoms with Crippen LogP contribution < -0.4 is 4.90 Å². The molecule has 0 amide bonds. The monoisotopic (exact) mass is 350 g/mol. The Labute approximate surface area is 133 Å². The number of esters is 1. The second kappa shape index (κ2) is 6.89. The van der Waals surface area contributed by atoms with E-state index < -0.39 is 0 Å². The molecule has 4 nitrogen and oxygen atoms in total. The molecule has 1 aromatic carbocycles. The minimum Gasteiger partial charge on any atom is -0.462 e. The fourth-order valence-electron chi connectivity index (χ4n) is 2.39. The molecular formula is C16H19BrN2O2. The van der Waals surface area contributed by atoms with Gasteiger partial charge < -0.3 is 9.64 Å². The summed E-state index contributed by atoms with van der Waals surface area (Å²) >= 11 is 3.46. The van der Waals surface area contributed by atoms with Gasteiger partial charge in [0.1, 0.15) is 5.56 Å². The summed E-state index contributed by atoms with van der Waals surface area (Å²) in [6.45, 7) is 7.94. The lowest BCUT2D eigenvalue weighted by molar-refractivity contribution is 0.0527. The van der Waals surface area contributed by atoms with Crippen LogP contribution in [0.1, 0.15) is 31.1 Å². The first kappa shape index (κ1) is 15.8. The molecule has 0 aliphatic heterocycles. The average molecular weight is 351 g/mol. The second-order valence-electron chi connectivity index (χ2n) is 4.57. The normalized spacial score (nSPS) is 10.7. The fraction of sp³-hybridized carbons (Fsp3) is 0.375. The van der Waals surface area contributed by atoms with Crippen LogP contribution in [-0.2, 0) is 4.74 Å². The standard InChI is InChI=1S/C16H19BrN2O2/c1-4-19(5-2)15-12-8-7-11(17)9-14(12)18-10-13(15)16(20)21-6-3/h7-10H,4-6H2,1-3H3. The molecule has 0 bridgehead atoms. The van der Waals surface area contributed by atoms with Crippen LogP contribution in [0.3, 0.4) is 0 Å². The lowest BCUT2D eigenvalue weighted by Gasteiger charge is -2.25. The van der Waals surface area contributed by atoms with Gasteiger partial charge in [-0.3, -0.25) is 4.98 Å². The van der Waals surface area contributed by atoms with Gasteiger partial charge in [0.15, 0.2) is 0 Å². The molecule has 0 spiro atoms. The van der Waals surface area contributed by atoms with Gasteiger partial charge in [-0.15, -0.1) is 0 Å². The van der Waals surface area contributed by atoms with Crippen LogP contribution in [0, 0.1) is 0 Å². The fourth-order valence-corrected chi connectivity index (χ4v) is 2.74. The Morgan fingerprint density at radius 1 is 1.29 bits per heavy atom. The summed E-state index contributed by atoms with van der Waals surface area (Å²) in [5.41, 5.74) is 2.28. The number of fused-ring (bicyclic) bond motifs is 1. The van der Waals surface area contributed by atoms with Crippen LogP contribution in [0.2, 0.25) is 0 Å². The maximum absolute atomic E-state index is 12.2. The Morgan fingerprint density at radius 2 is 2.00 bits per heavy atom. The number of pyridine rings is 1. The van der Waals surface area contributed by atoms with Gasteiger partial charge in [0, 0.05) is 29.1 Å². The number of halogens is 1. The van der Waals surface area contributed by atoms with Gasteiger partial charge >= 0.3 is 5.97 Å². The summed E-state index contributed by atoms with van der Waals surface area (Å²) in [5.74, 6) is -0.322. The molecule has 0 aliphatic carbocycles. The van der Waals surface area contributed by atoms with Crippen molar-refractivity contribution >= 4 is 38.5 Å². The highest BCUT2D eigenvalue weighted by Crippen LogP contribution is 2.31. The Kier molecular flexibility index (Phi) is 5.17. The average Bonchev–Trinajstić information content (AvgIpc) is 2.48. The predicted octanol–water partition coefficient (Wildman–Crippen LogP) is 4.02. The van der Waals surface area contributed by atoms with E-state index in [0.29, 0.717) is 12.2 Å². The van der Waals surface area contributed by atoms with Gasteiger partial charge in [0.25, 0.3) is 0 Å². The number of aromatic nitrogens is 1. The van der Waals surface area contributed by atoms with E-state index in [1.54, 1.807) is 13.1 Å². The maximum atomic E-state index is 12.2. The summed E-state index contributed by atoms with van der Waals surface area (Å²) in [4.78, 5) is 18.8. The van der Waals surface area contributed by atoms with Crippen molar-refractivity contribution in [1.29, 1.82) is 0 Å². The molecule has 0 saturated heterocycles. The zero-order chi connectivity index (χ0) is 15.4. The smallest absolute Gasteiger partial charge is 0.341 e. The van der Waals surface area contributed by atoms with Gasteiger partial charge in [-0.05, 0) is 39.0 Å². The van der Waals surface area contributed by atoms with E-state index in [9.17, 15) is 4.79 Å². The molecular weight excluding hydrogens is 332 g/mol. The van der Waals surface area contributed by atoms with E-state index in [0.717, 1.165) is 34.2 Å². The first-order valence-electron chi connectivity index (χ1n) is 7.12. The molecule has 0 atom stereocenters. The van der Waals surface area contributed by atoms with Gasteiger partial charge in [0.2, 0.25) is 0 Å². The highest BCUT2D eigenvalue weighted by Gasteiger charge is 2.20. The molecule has 112 valence electrons. The largest absolute Gasteiger partial charge is 0.462 e. The van der Waals surface area contributed by atoms with Crippen LogP contribution in [0.25, 0.3) is 10.9 Å². The first-order chi connectivity index (χ1) is 10.1. The summed E-state index contributed by atoms with van der Waals surface area (Å²) in [7, 11) is 0. The van der Waals surface area contributed by atoms with Crippen LogP contribution >= 0.6 is 15.9 Å². The predicted molar refractivity (Wildman–Crippen MR) is 89.0 cm³/mol. The third kappa shape index (κ3) is 3.18. The van der Waals surface area contributed by atoms with Crippen molar-refractivity contribution in [1.82, 2.24) is 4.98 Å². The van der Waals surface area contributed by atoms with Gasteiger partial charge in [-0.2, -0.15) is 0 Å². The number of anilines is 1. The van der Waals surface area contributed by atoms with Crippen LogP contribution in [0.4, 0.5) is 5.69 Å². The molecule has 5 heteroatoms. The molecule has 0 saturated carbocycles. The van der Waals surface area contributed by atoms with Crippen molar-refractivity contribution in [2.75, 3.05) is 24.6 Å². The van der Waals surface area contributed by atoms with E-state index >= 15 is 0 Å². The Hall–Kier alpha value is -1.62. The van der Waals surface area contributed by atoms with Crippen molar-refractivity contribution in [2.45, 2.75) is 20.8 Å². The molecule has 2 aromatic rings. The molecule has 0 unspecified atom stereocenters. The quantitative estimate of drug-likeness (QED) is 0.763. The summed E-state index contributed by atoms with van der Waals surface area (Å²) < 4.78 is 6.13. The molecule has 0 N–H and O–H groups in total. The Morgan fingerprint density at radius 3 is 2.62 bits per heavy atom. The SMILES string of the molecule is CCOC(=O)c1cnc2cc(Br)ccc2c1N(CC)CC. The summed E-state index contributed by atoms with van der Waals surface area (Å²) in [5, 5.41) is 0.965. The van der Waals surface area contributed by atoms with Crippen molar-refractivity contribution in [2.24, 2.45) is 0 Å². The number of carbonyl (C=O) groups excluding carboxylic acids is 1. The number of rotatable bonds is 5. The molecule has 21 heavy (non-hydrogen) atoms. The number of carbonyl (C=O) groups is 1. The van der Waals surface area contributed by atoms with Crippen molar-refractivity contribution in [3.63, 3.8) is 0 Å². The van der Waals surface area contributed by atoms with Crippen LogP contribution in [-0.4, -0.2) is 30.6 Å². The lowest BCUT2D eigenvalue weighted by atomic mass is 10.1. The second-order valence-corrected chi connectivity index (χ2v) is 5.49. The van der Waals surface area contributed by atoms with Gasteiger partial charge in [-0.1, -0.05) is 15.9 Å². The van der Waals surface area contributed by atoms with Crippen molar-refractivity contribution < 1.29 is 9.53 Å². The zero-order valence-electron chi connectivity index (χ0n) is 12.5. The summed E-state index contributed by atoms with van der Waals surface area (Å²) in [6, 6.07) is 5.91. The van der Waals surface area contributed by atoms with E-state index in [1.165, 1.54) is 0 Å². The Bertz CT molecular complexity index is 654. The van der Waals surface area contributed by atoms with E-state index in [2.05, 4.69) is 39.7 Å². The van der Waals surface area contributed by atoms with Crippen LogP contribution in [0.5, 0.6) is 0 Å². The molecule has 2 rings (SSSR count). The van der Waals surface area contributed by atoms with Gasteiger partial charge in [0.05, 0.1) is 17.8 Å². The molecule has 1 heterocycles. The van der Waals surface area contributed by atoms with Gasteiger partial charge in [-0.25, -0.2) is 4.79 Å². The third-order valence-electron chi connectivity index (χ3n) is 3.38. The molecule has 0 radical (unpaired) electrons. The first-order valence-corrected chi connectivity index (χ1v) is 7.91. The summed E-state index contributed by atoms with van der Waals surface area (Å²) in [6.07, 6.45) is 1.61. The van der Waals surface area contributed by atoms with E-state index in [4.69, 9.17) is 4.74 Å². The third-order valence-corrected chi connectivity index (χ3v) is 3.87. The molecule has 1 aromatic heterocycles. The Balaban J connectivity index is 2.70. The van der Waals surface area contributed by atoms with E-state index in [-0.39, 0.29) is 5.97 Å². The number of hydrogen-bond donors (Lipinski definition) is 0. The molecule has 0 fully saturated rings. The van der Waals surface area contributed by atoms with Crippen molar-refractivity contribution in [3.8, 4) is 0 Å². The minimum atomic E-state index is -0.322. The molecule has 0 aliphatic rings. The number of nitrogens with zero attached hydrogens (tertiary/aromatic N) is 2. The lowest BCUT2D eigenvalue weighted by Crippen LogP contribution is -2.25. The van der Waals surface area contributed by atoms with E-state index in [1.807, 2.05) is 18.2 Å². The van der Waals surface area contributed by atoms with Crippen LogP contribution in [0.15, 0.2) is 28.9 Å². The number of ether oxygens (including phenoxy) is 1. The zero-order valence-corrected chi connectivity index (χ0v) is 14.1. The highest BCUT2D eigenvalue weighted by atomic mass is 79.9. The topological polar surface area (TPSA) is 42.4 Å².